The number of carbonyl (C=O) groups excluding carboxylic acids is 1. The Hall–Kier alpha value is -0.770. The third-order valence-corrected chi connectivity index (χ3v) is 5.78. The van der Waals surface area contributed by atoms with Crippen molar-refractivity contribution in [3.8, 4) is 0 Å². The maximum atomic E-state index is 12.6. The Balaban J connectivity index is 1.40. The Labute approximate surface area is 121 Å². The van der Waals surface area contributed by atoms with Crippen molar-refractivity contribution in [2.24, 2.45) is 17.3 Å². The molecule has 4 aliphatic rings. The van der Waals surface area contributed by atoms with Gasteiger partial charge in [-0.15, -0.1) is 0 Å². The standard InChI is InChI=1S/C16H26N2O2/c1-16(2)13(12-7-8-20-14(12)16)17-15(19)18(11-5-6-11)9-10-3-4-10/h10-14H,3-9H2,1-2H3,(H,17,19)/t12-,13-,14-/m1/s1. The minimum Gasteiger partial charge on any atom is -0.377 e. The van der Waals surface area contributed by atoms with Crippen molar-refractivity contribution in [2.75, 3.05) is 13.2 Å². The molecule has 112 valence electrons. The van der Waals surface area contributed by atoms with Crippen LogP contribution in [0.15, 0.2) is 0 Å². The minimum atomic E-state index is 0.0889. The molecular weight excluding hydrogens is 252 g/mol. The first-order valence-corrected chi connectivity index (χ1v) is 8.26. The van der Waals surface area contributed by atoms with Gasteiger partial charge >= 0.3 is 6.03 Å². The summed E-state index contributed by atoms with van der Waals surface area (Å²) in [5.41, 5.74) is 0.0889. The number of fused-ring (bicyclic) bond motifs is 1. The molecule has 20 heavy (non-hydrogen) atoms. The van der Waals surface area contributed by atoms with Crippen LogP contribution in [-0.4, -0.2) is 42.3 Å². The first-order chi connectivity index (χ1) is 9.57. The average Bonchev–Trinajstić information content (AvgIpc) is 3.31. The van der Waals surface area contributed by atoms with Gasteiger partial charge in [-0.25, -0.2) is 4.79 Å². The van der Waals surface area contributed by atoms with Gasteiger partial charge in [0, 0.05) is 36.6 Å². The summed E-state index contributed by atoms with van der Waals surface area (Å²) in [6, 6.07) is 1.00. The highest BCUT2D eigenvalue weighted by atomic mass is 16.5. The molecule has 2 amide bonds. The van der Waals surface area contributed by atoms with Crippen LogP contribution in [0, 0.1) is 17.3 Å². The molecule has 3 aliphatic carbocycles. The van der Waals surface area contributed by atoms with Gasteiger partial charge in [0.25, 0.3) is 0 Å². The molecule has 0 aromatic heterocycles. The molecule has 0 aromatic rings. The summed E-state index contributed by atoms with van der Waals surface area (Å²) in [6.45, 7) is 6.30. The molecule has 0 aromatic carbocycles. The van der Waals surface area contributed by atoms with Crippen LogP contribution in [0.25, 0.3) is 0 Å². The Morgan fingerprint density at radius 1 is 1.25 bits per heavy atom. The molecule has 3 atom stereocenters. The zero-order valence-electron chi connectivity index (χ0n) is 12.6. The fourth-order valence-corrected chi connectivity index (χ4v) is 4.20. The third-order valence-electron chi connectivity index (χ3n) is 5.78. The van der Waals surface area contributed by atoms with Gasteiger partial charge in [-0.3, -0.25) is 0 Å². The number of nitrogens with zero attached hydrogens (tertiary/aromatic N) is 1. The summed E-state index contributed by atoms with van der Waals surface area (Å²) in [4.78, 5) is 14.8. The van der Waals surface area contributed by atoms with E-state index in [4.69, 9.17) is 4.74 Å². The van der Waals surface area contributed by atoms with E-state index < -0.39 is 0 Å². The fraction of sp³-hybridized carbons (Fsp3) is 0.938. The van der Waals surface area contributed by atoms with E-state index in [9.17, 15) is 4.79 Å². The highest BCUT2D eigenvalue weighted by Crippen LogP contribution is 2.52. The van der Waals surface area contributed by atoms with Crippen LogP contribution < -0.4 is 5.32 Å². The van der Waals surface area contributed by atoms with Gasteiger partial charge in [0.1, 0.15) is 0 Å². The average molecular weight is 278 g/mol. The summed E-state index contributed by atoms with van der Waals surface area (Å²) in [7, 11) is 0. The Morgan fingerprint density at radius 2 is 2.00 bits per heavy atom. The highest BCUT2D eigenvalue weighted by molar-refractivity contribution is 5.75. The van der Waals surface area contributed by atoms with Gasteiger partial charge in [-0.2, -0.15) is 0 Å². The lowest BCUT2D eigenvalue weighted by atomic mass is 9.57. The lowest BCUT2D eigenvalue weighted by Gasteiger charge is -2.54. The van der Waals surface area contributed by atoms with Crippen molar-refractivity contribution in [2.45, 2.75) is 64.1 Å². The second-order valence-corrected chi connectivity index (χ2v) is 7.82. The zero-order valence-corrected chi connectivity index (χ0v) is 12.6. The monoisotopic (exact) mass is 278 g/mol. The summed E-state index contributed by atoms with van der Waals surface area (Å²) >= 11 is 0. The Bertz CT molecular complexity index is 415. The molecule has 1 saturated heterocycles. The smallest absolute Gasteiger partial charge is 0.317 e. The third kappa shape index (κ3) is 2.03. The van der Waals surface area contributed by atoms with Crippen LogP contribution in [0.3, 0.4) is 0 Å². The van der Waals surface area contributed by atoms with E-state index in [-0.39, 0.29) is 11.4 Å². The van der Waals surface area contributed by atoms with Gasteiger partial charge in [-0.05, 0) is 38.0 Å². The second-order valence-electron chi connectivity index (χ2n) is 7.82. The molecule has 1 N–H and O–H groups in total. The van der Waals surface area contributed by atoms with Crippen molar-refractivity contribution in [3.05, 3.63) is 0 Å². The maximum Gasteiger partial charge on any atom is 0.317 e. The van der Waals surface area contributed by atoms with E-state index in [0.29, 0.717) is 24.1 Å². The molecule has 4 rings (SSSR count). The Morgan fingerprint density at radius 3 is 2.65 bits per heavy atom. The molecule has 0 bridgehead atoms. The van der Waals surface area contributed by atoms with Crippen LogP contribution in [0.1, 0.15) is 46.0 Å². The number of ether oxygens (including phenoxy) is 1. The van der Waals surface area contributed by atoms with E-state index in [2.05, 4.69) is 24.1 Å². The summed E-state index contributed by atoms with van der Waals surface area (Å²) in [5.74, 6) is 1.31. The van der Waals surface area contributed by atoms with Crippen LogP contribution >= 0.6 is 0 Å². The van der Waals surface area contributed by atoms with Crippen molar-refractivity contribution < 1.29 is 9.53 Å². The number of hydrogen-bond acceptors (Lipinski definition) is 2. The van der Waals surface area contributed by atoms with Gasteiger partial charge < -0.3 is 15.0 Å². The number of rotatable bonds is 4. The lowest BCUT2D eigenvalue weighted by Crippen LogP contribution is -2.68. The molecular formula is C16H26N2O2. The van der Waals surface area contributed by atoms with E-state index in [1.165, 1.54) is 25.7 Å². The molecule has 1 aliphatic heterocycles. The van der Waals surface area contributed by atoms with Crippen LogP contribution in [0.5, 0.6) is 0 Å². The second kappa shape index (κ2) is 4.36. The molecule has 0 unspecified atom stereocenters. The van der Waals surface area contributed by atoms with Gasteiger partial charge in [0.05, 0.1) is 6.10 Å². The Kier molecular flexibility index (Phi) is 2.82. The van der Waals surface area contributed by atoms with Crippen LogP contribution in [0.2, 0.25) is 0 Å². The molecule has 3 saturated carbocycles. The van der Waals surface area contributed by atoms with Crippen molar-refractivity contribution >= 4 is 6.03 Å². The van der Waals surface area contributed by atoms with Crippen molar-refractivity contribution in [3.63, 3.8) is 0 Å². The zero-order chi connectivity index (χ0) is 13.9. The maximum absolute atomic E-state index is 12.6. The summed E-state index contributed by atoms with van der Waals surface area (Å²) in [6.07, 6.45) is 6.47. The van der Waals surface area contributed by atoms with Crippen LogP contribution in [0.4, 0.5) is 4.79 Å². The van der Waals surface area contributed by atoms with Gasteiger partial charge in [0.2, 0.25) is 0 Å². The predicted molar refractivity (Wildman–Crippen MR) is 76.4 cm³/mol. The first kappa shape index (κ1) is 12.9. The van der Waals surface area contributed by atoms with Crippen molar-refractivity contribution in [1.29, 1.82) is 0 Å². The highest BCUT2D eigenvalue weighted by Gasteiger charge is 2.60. The normalized spacial score (nSPS) is 38.0. The SMILES string of the molecule is CC1(C)[C@H](NC(=O)N(CC2CC2)C2CC2)[C@H]2CCO[C@H]21. The predicted octanol–water partition coefficient (Wildman–Crippen LogP) is 2.38. The van der Waals surface area contributed by atoms with Gasteiger partial charge in [-0.1, -0.05) is 13.8 Å². The van der Waals surface area contributed by atoms with E-state index in [1.807, 2.05) is 0 Å². The number of carbonyl (C=O) groups is 1. The molecule has 1 heterocycles. The number of urea groups is 1. The largest absolute Gasteiger partial charge is 0.377 e. The van der Waals surface area contributed by atoms with E-state index in [0.717, 1.165) is 25.5 Å². The number of nitrogens with one attached hydrogen (secondary N) is 1. The fourth-order valence-electron chi connectivity index (χ4n) is 4.20. The topological polar surface area (TPSA) is 41.6 Å². The van der Waals surface area contributed by atoms with Crippen LogP contribution in [-0.2, 0) is 4.74 Å². The summed E-state index contributed by atoms with van der Waals surface area (Å²) < 4.78 is 5.81. The number of hydrogen-bond donors (Lipinski definition) is 1. The van der Waals surface area contributed by atoms with E-state index >= 15 is 0 Å². The molecule has 4 heteroatoms. The van der Waals surface area contributed by atoms with E-state index in [1.54, 1.807) is 0 Å². The molecule has 4 fully saturated rings. The molecule has 0 spiro atoms. The molecule has 4 nitrogen and oxygen atoms in total. The summed E-state index contributed by atoms with van der Waals surface area (Å²) in [5, 5.41) is 3.34. The lowest BCUT2D eigenvalue weighted by molar-refractivity contribution is -0.109. The quantitative estimate of drug-likeness (QED) is 0.858. The van der Waals surface area contributed by atoms with Crippen molar-refractivity contribution in [1.82, 2.24) is 10.2 Å². The van der Waals surface area contributed by atoms with Gasteiger partial charge in [0.15, 0.2) is 0 Å². The first-order valence-electron chi connectivity index (χ1n) is 8.26. The minimum absolute atomic E-state index is 0.0889. The number of amides is 2. The molecule has 0 radical (unpaired) electrons.